The average molecular weight is 296 g/mol. The van der Waals surface area contributed by atoms with Crippen molar-refractivity contribution in [3.05, 3.63) is 0 Å². The highest BCUT2D eigenvalue weighted by atomic mass is 16.4. The van der Waals surface area contributed by atoms with Crippen LogP contribution in [-0.4, -0.2) is 28.9 Å². The molecule has 4 N–H and O–H groups in total. The second-order valence-corrected chi connectivity index (χ2v) is 6.38. The summed E-state index contributed by atoms with van der Waals surface area (Å²) >= 11 is 0. The van der Waals surface area contributed by atoms with Gasteiger partial charge >= 0.3 is 5.97 Å². The number of hydrogen-bond acceptors (Lipinski definition) is 3. The second-order valence-electron chi connectivity index (χ2n) is 6.38. The highest BCUT2D eigenvalue weighted by Crippen LogP contribution is 2.42. The van der Waals surface area contributed by atoms with Crippen LogP contribution in [0.1, 0.15) is 51.4 Å². The van der Waals surface area contributed by atoms with Gasteiger partial charge in [-0.2, -0.15) is 0 Å². The molecule has 0 radical (unpaired) electrons. The predicted octanol–water partition coefficient (Wildman–Crippen LogP) is 1.04. The normalized spacial score (nSPS) is 30.0. The van der Waals surface area contributed by atoms with E-state index in [0.29, 0.717) is 5.92 Å². The lowest BCUT2D eigenvalue weighted by atomic mass is 9.67. The molecule has 4 atom stereocenters. The fourth-order valence-corrected chi connectivity index (χ4v) is 3.80. The minimum absolute atomic E-state index is 0.126. The molecule has 0 aliphatic heterocycles. The van der Waals surface area contributed by atoms with Gasteiger partial charge in [0.05, 0.1) is 6.42 Å². The molecule has 6 nitrogen and oxygen atoms in total. The molecule has 118 valence electrons. The third-order valence-corrected chi connectivity index (χ3v) is 4.93. The van der Waals surface area contributed by atoms with E-state index in [1.54, 1.807) is 0 Å². The van der Waals surface area contributed by atoms with Gasteiger partial charge in [0.2, 0.25) is 11.8 Å². The molecule has 0 aromatic rings. The van der Waals surface area contributed by atoms with Crippen molar-refractivity contribution in [3.63, 3.8) is 0 Å². The van der Waals surface area contributed by atoms with Crippen LogP contribution in [0.3, 0.4) is 0 Å². The highest BCUT2D eigenvalue weighted by Gasteiger charge is 2.36. The summed E-state index contributed by atoms with van der Waals surface area (Å²) in [5.74, 6) is -0.967. The Bertz CT molecular complexity index is 424. The zero-order valence-electron chi connectivity index (χ0n) is 12.2. The van der Waals surface area contributed by atoms with E-state index in [2.05, 4.69) is 5.32 Å². The van der Waals surface area contributed by atoms with Gasteiger partial charge in [0.1, 0.15) is 6.04 Å². The molecule has 0 spiro atoms. The van der Waals surface area contributed by atoms with Crippen molar-refractivity contribution in [2.24, 2.45) is 23.5 Å². The lowest BCUT2D eigenvalue weighted by molar-refractivity contribution is -0.144. The minimum Gasteiger partial charge on any atom is -0.480 e. The van der Waals surface area contributed by atoms with Crippen LogP contribution >= 0.6 is 0 Å². The Morgan fingerprint density at radius 3 is 2.38 bits per heavy atom. The van der Waals surface area contributed by atoms with Gasteiger partial charge in [-0.05, 0) is 31.1 Å². The number of carboxylic acids is 1. The van der Waals surface area contributed by atoms with Crippen LogP contribution in [0, 0.1) is 17.8 Å². The zero-order chi connectivity index (χ0) is 15.4. The fraction of sp³-hybridized carbons (Fsp3) is 0.800. The summed E-state index contributed by atoms with van der Waals surface area (Å²) < 4.78 is 0. The van der Waals surface area contributed by atoms with Gasteiger partial charge in [-0.15, -0.1) is 0 Å². The van der Waals surface area contributed by atoms with E-state index < -0.39 is 17.9 Å². The Hall–Kier alpha value is -1.59. The summed E-state index contributed by atoms with van der Waals surface area (Å²) in [6.07, 6.45) is 7.31. The zero-order valence-corrected chi connectivity index (χ0v) is 12.2. The van der Waals surface area contributed by atoms with Crippen molar-refractivity contribution >= 4 is 17.8 Å². The number of fused-ring (bicyclic) bond motifs is 1. The summed E-state index contributed by atoms with van der Waals surface area (Å²) in [5, 5.41) is 11.5. The first-order valence-electron chi connectivity index (χ1n) is 7.79. The first-order valence-corrected chi connectivity index (χ1v) is 7.79. The van der Waals surface area contributed by atoms with Gasteiger partial charge < -0.3 is 16.2 Å². The molecule has 0 saturated heterocycles. The number of primary amides is 1. The molecule has 2 fully saturated rings. The molecular weight excluding hydrogens is 272 g/mol. The maximum Gasteiger partial charge on any atom is 0.326 e. The average Bonchev–Trinajstić information content (AvgIpc) is 2.45. The van der Waals surface area contributed by atoms with Gasteiger partial charge in [0.15, 0.2) is 0 Å². The van der Waals surface area contributed by atoms with Crippen LogP contribution in [-0.2, 0) is 14.4 Å². The number of carbonyl (C=O) groups is 3. The topological polar surface area (TPSA) is 109 Å². The SMILES string of the molecule is NC(=O)C[C@@H](NC(=O)C1CCC2CCCCC2C1)C(=O)O. The predicted molar refractivity (Wildman–Crippen MR) is 76.2 cm³/mol. The van der Waals surface area contributed by atoms with Crippen molar-refractivity contribution in [2.45, 2.75) is 57.4 Å². The van der Waals surface area contributed by atoms with E-state index in [-0.39, 0.29) is 18.2 Å². The number of carboxylic acid groups (broad SMARTS) is 1. The molecule has 21 heavy (non-hydrogen) atoms. The number of amides is 2. The fourth-order valence-electron chi connectivity index (χ4n) is 3.80. The Balaban J connectivity index is 1.90. The Kier molecular flexibility index (Phi) is 5.20. The lowest BCUT2D eigenvalue weighted by Gasteiger charge is -2.38. The first-order chi connectivity index (χ1) is 9.97. The van der Waals surface area contributed by atoms with Crippen LogP contribution in [0.5, 0.6) is 0 Å². The monoisotopic (exact) mass is 296 g/mol. The minimum atomic E-state index is -1.21. The van der Waals surface area contributed by atoms with Crippen LogP contribution in [0.4, 0.5) is 0 Å². The molecular formula is C15H24N2O4. The molecule has 0 bridgehead atoms. The van der Waals surface area contributed by atoms with Crippen molar-refractivity contribution in [1.29, 1.82) is 0 Å². The van der Waals surface area contributed by atoms with Gasteiger partial charge in [-0.3, -0.25) is 9.59 Å². The maximum atomic E-state index is 12.2. The molecule has 0 aromatic carbocycles. The quantitative estimate of drug-likeness (QED) is 0.704. The Morgan fingerprint density at radius 1 is 1.10 bits per heavy atom. The molecule has 2 aliphatic rings. The van der Waals surface area contributed by atoms with E-state index in [4.69, 9.17) is 10.8 Å². The second kappa shape index (κ2) is 6.91. The van der Waals surface area contributed by atoms with Crippen molar-refractivity contribution < 1.29 is 19.5 Å². The molecule has 2 rings (SSSR count). The van der Waals surface area contributed by atoms with Gasteiger partial charge in [0.25, 0.3) is 0 Å². The standard InChI is InChI=1S/C15H24N2O4/c16-13(18)8-12(15(20)21)17-14(19)11-6-5-9-3-1-2-4-10(9)7-11/h9-12H,1-8H2,(H2,16,18)(H,17,19)(H,20,21)/t9?,10?,11?,12-/m1/s1. The van der Waals surface area contributed by atoms with E-state index in [1.807, 2.05) is 0 Å². The number of carbonyl (C=O) groups excluding carboxylic acids is 2. The van der Waals surface area contributed by atoms with E-state index >= 15 is 0 Å². The molecule has 2 amide bonds. The smallest absolute Gasteiger partial charge is 0.326 e. The number of rotatable bonds is 5. The van der Waals surface area contributed by atoms with E-state index in [0.717, 1.165) is 25.2 Å². The molecule has 0 heterocycles. The summed E-state index contributed by atoms with van der Waals surface area (Å²) in [6.45, 7) is 0. The summed E-state index contributed by atoms with van der Waals surface area (Å²) in [7, 11) is 0. The third kappa shape index (κ3) is 4.19. The van der Waals surface area contributed by atoms with Crippen molar-refractivity contribution in [2.75, 3.05) is 0 Å². The van der Waals surface area contributed by atoms with Crippen molar-refractivity contribution in [1.82, 2.24) is 5.32 Å². The van der Waals surface area contributed by atoms with Crippen molar-refractivity contribution in [3.8, 4) is 0 Å². The molecule has 3 unspecified atom stereocenters. The van der Waals surface area contributed by atoms with Gasteiger partial charge in [0, 0.05) is 5.92 Å². The lowest BCUT2D eigenvalue weighted by Crippen LogP contribution is -2.47. The van der Waals surface area contributed by atoms with Crippen LogP contribution < -0.4 is 11.1 Å². The number of hydrogen-bond donors (Lipinski definition) is 3. The number of nitrogens with two attached hydrogens (primary N) is 1. The van der Waals surface area contributed by atoms with Gasteiger partial charge in [-0.1, -0.05) is 25.7 Å². The highest BCUT2D eigenvalue weighted by molar-refractivity contribution is 5.88. The molecule has 2 aliphatic carbocycles. The molecule has 0 aromatic heterocycles. The summed E-state index contributed by atoms with van der Waals surface area (Å²) in [4.78, 5) is 34.2. The summed E-state index contributed by atoms with van der Waals surface area (Å²) in [6, 6.07) is -1.21. The third-order valence-electron chi connectivity index (χ3n) is 4.93. The van der Waals surface area contributed by atoms with Gasteiger partial charge in [-0.25, -0.2) is 4.79 Å². The van der Waals surface area contributed by atoms with Crippen LogP contribution in [0.25, 0.3) is 0 Å². The van der Waals surface area contributed by atoms with Crippen LogP contribution in [0.15, 0.2) is 0 Å². The molecule has 6 heteroatoms. The largest absolute Gasteiger partial charge is 0.480 e. The molecule has 2 saturated carbocycles. The first kappa shape index (κ1) is 15.8. The number of nitrogens with one attached hydrogen (secondary N) is 1. The van der Waals surface area contributed by atoms with Crippen LogP contribution in [0.2, 0.25) is 0 Å². The maximum absolute atomic E-state index is 12.2. The van der Waals surface area contributed by atoms with E-state index in [1.165, 1.54) is 25.7 Å². The Morgan fingerprint density at radius 2 is 1.76 bits per heavy atom. The summed E-state index contributed by atoms with van der Waals surface area (Å²) in [5.41, 5.74) is 5.02. The van der Waals surface area contributed by atoms with E-state index in [9.17, 15) is 14.4 Å². The number of aliphatic carboxylic acids is 1. The Labute approximate surface area is 124 Å².